The van der Waals surface area contributed by atoms with E-state index in [4.69, 9.17) is 16.3 Å². The zero-order valence-electron chi connectivity index (χ0n) is 16.0. The maximum atomic E-state index is 12.9. The standard InChI is InChI=1S/C21H20ClN3O4/c1-13-18(21(26)29-12-11-15-7-4-3-5-8-15)19(16-9-6-10-17(22)24-16)20(25(27)28)14(2)23-13/h3-10,19,23H,11-12H2,1-2H3. The summed E-state index contributed by atoms with van der Waals surface area (Å²) < 4.78 is 5.46. The van der Waals surface area contributed by atoms with Crippen LogP contribution < -0.4 is 5.32 Å². The SMILES string of the molecule is CC1=C(C(=O)OCCc2ccccc2)C(c2cccc(Cl)n2)C([N+](=O)[O-])=C(C)N1. The van der Waals surface area contributed by atoms with Gasteiger partial charge >= 0.3 is 5.97 Å². The van der Waals surface area contributed by atoms with Gasteiger partial charge < -0.3 is 10.1 Å². The number of carbonyl (C=O) groups excluding carboxylic acids is 1. The van der Waals surface area contributed by atoms with Crippen LogP contribution in [-0.4, -0.2) is 22.5 Å². The van der Waals surface area contributed by atoms with Crippen LogP contribution >= 0.6 is 11.6 Å². The summed E-state index contributed by atoms with van der Waals surface area (Å²) in [5.74, 6) is -1.60. The molecule has 0 saturated carbocycles. The topological polar surface area (TPSA) is 94.4 Å². The van der Waals surface area contributed by atoms with E-state index >= 15 is 0 Å². The number of halogens is 1. The minimum absolute atomic E-state index is 0.152. The monoisotopic (exact) mass is 413 g/mol. The van der Waals surface area contributed by atoms with Gasteiger partial charge in [-0.05, 0) is 31.5 Å². The van der Waals surface area contributed by atoms with Gasteiger partial charge in [-0.1, -0.05) is 48.0 Å². The van der Waals surface area contributed by atoms with Gasteiger partial charge in [0.1, 0.15) is 11.1 Å². The highest BCUT2D eigenvalue weighted by Gasteiger charge is 2.41. The summed E-state index contributed by atoms with van der Waals surface area (Å²) in [5, 5.41) is 14.9. The van der Waals surface area contributed by atoms with Crippen LogP contribution in [0.15, 0.2) is 71.2 Å². The minimum atomic E-state index is -0.978. The first kappa shape index (κ1) is 20.5. The molecule has 1 aromatic heterocycles. The molecule has 2 aromatic rings. The molecule has 1 aliphatic heterocycles. The van der Waals surface area contributed by atoms with Gasteiger partial charge in [0, 0.05) is 12.1 Å². The van der Waals surface area contributed by atoms with Gasteiger partial charge in [0.15, 0.2) is 0 Å². The van der Waals surface area contributed by atoms with Gasteiger partial charge in [0.05, 0.1) is 28.5 Å². The Hall–Kier alpha value is -3.19. The van der Waals surface area contributed by atoms with E-state index in [2.05, 4.69) is 10.3 Å². The molecule has 0 saturated heterocycles. The number of dihydropyridines is 1. The van der Waals surface area contributed by atoms with Crippen molar-refractivity contribution in [3.8, 4) is 0 Å². The van der Waals surface area contributed by atoms with Crippen LogP contribution in [0.1, 0.15) is 31.0 Å². The van der Waals surface area contributed by atoms with Crippen LogP contribution in [-0.2, 0) is 16.0 Å². The molecule has 0 aliphatic carbocycles. The molecular formula is C21H20ClN3O4. The second kappa shape index (κ2) is 8.87. The molecule has 0 amide bonds. The number of nitro groups is 1. The van der Waals surface area contributed by atoms with Crippen LogP contribution in [0.4, 0.5) is 0 Å². The highest BCUT2D eigenvalue weighted by Crippen LogP contribution is 2.38. The molecule has 0 fully saturated rings. The second-order valence-corrected chi connectivity index (χ2v) is 7.01. The molecule has 3 rings (SSSR count). The Kier molecular flexibility index (Phi) is 6.29. The zero-order chi connectivity index (χ0) is 21.0. The molecule has 1 unspecified atom stereocenters. The number of hydrogen-bond acceptors (Lipinski definition) is 6. The number of hydrogen-bond donors (Lipinski definition) is 1. The summed E-state index contributed by atoms with van der Waals surface area (Å²) >= 11 is 6.00. The number of ether oxygens (including phenoxy) is 1. The largest absolute Gasteiger partial charge is 0.462 e. The Labute approximate surface area is 173 Å². The van der Waals surface area contributed by atoms with E-state index in [9.17, 15) is 14.9 Å². The maximum absolute atomic E-state index is 12.9. The van der Waals surface area contributed by atoms with Crippen molar-refractivity contribution in [3.05, 3.63) is 97.7 Å². The maximum Gasteiger partial charge on any atom is 0.337 e. The molecule has 1 N–H and O–H groups in total. The number of nitrogens with one attached hydrogen (secondary N) is 1. The minimum Gasteiger partial charge on any atom is -0.462 e. The molecule has 7 nitrogen and oxygen atoms in total. The molecule has 29 heavy (non-hydrogen) atoms. The number of nitrogens with zero attached hydrogens (tertiary/aromatic N) is 2. The molecule has 1 atom stereocenters. The molecule has 1 aliphatic rings. The van der Waals surface area contributed by atoms with Gasteiger partial charge in [0.2, 0.25) is 0 Å². The number of benzene rings is 1. The van der Waals surface area contributed by atoms with Crippen LogP contribution in [0.25, 0.3) is 0 Å². The summed E-state index contributed by atoms with van der Waals surface area (Å²) in [6, 6.07) is 14.4. The average Bonchev–Trinajstić information content (AvgIpc) is 2.67. The van der Waals surface area contributed by atoms with Gasteiger partial charge in [-0.3, -0.25) is 10.1 Å². The van der Waals surface area contributed by atoms with E-state index in [0.29, 0.717) is 23.5 Å². The summed E-state index contributed by atoms with van der Waals surface area (Å²) in [5.41, 5.74) is 2.19. The van der Waals surface area contributed by atoms with Crippen molar-refractivity contribution in [3.63, 3.8) is 0 Å². The Balaban J connectivity index is 1.90. The van der Waals surface area contributed by atoms with E-state index in [1.54, 1.807) is 32.0 Å². The molecule has 0 spiro atoms. The molecule has 2 heterocycles. The summed E-state index contributed by atoms with van der Waals surface area (Å²) in [6.45, 7) is 3.44. The van der Waals surface area contributed by atoms with Gasteiger partial charge in [0.25, 0.3) is 5.70 Å². The van der Waals surface area contributed by atoms with Crippen molar-refractivity contribution in [1.82, 2.24) is 10.3 Å². The van der Waals surface area contributed by atoms with Crippen molar-refractivity contribution < 1.29 is 14.5 Å². The predicted octanol–water partition coefficient (Wildman–Crippen LogP) is 3.99. The lowest BCUT2D eigenvalue weighted by Gasteiger charge is -2.26. The zero-order valence-corrected chi connectivity index (χ0v) is 16.8. The number of aromatic nitrogens is 1. The van der Waals surface area contributed by atoms with E-state index < -0.39 is 16.8 Å². The first-order valence-electron chi connectivity index (χ1n) is 9.05. The fourth-order valence-corrected chi connectivity index (χ4v) is 3.52. The Morgan fingerprint density at radius 1 is 1.17 bits per heavy atom. The number of esters is 1. The molecular weight excluding hydrogens is 394 g/mol. The van der Waals surface area contributed by atoms with Gasteiger partial charge in [-0.2, -0.15) is 0 Å². The smallest absolute Gasteiger partial charge is 0.337 e. The first-order chi connectivity index (χ1) is 13.9. The molecule has 8 heteroatoms. The lowest BCUT2D eigenvalue weighted by atomic mass is 9.87. The lowest BCUT2D eigenvalue weighted by molar-refractivity contribution is -0.431. The normalized spacial score (nSPS) is 16.4. The first-order valence-corrected chi connectivity index (χ1v) is 9.42. The third-order valence-electron chi connectivity index (χ3n) is 4.64. The van der Waals surface area contributed by atoms with E-state index in [1.807, 2.05) is 30.3 Å². The molecule has 150 valence electrons. The van der Waals surface area contributed by atoms with E-state index in [-0.39, 0.29) is 23.0 Å². The quantitative estimate of drug-likeness (QED) is 0.333. The third kappa shape index (κ3) is 4.63. The second-order valence-electron chi connectivity index (χ2n) is 6.62. The highest BCUT2D eigenvalue weighted by atomic mass is 35.5. The van der Waals surface area contributed by atoms with Crippen LogP contribution in [0.2, 0.25) is 5.15 Å². The summed E-state index contributed by atoms with van der Waals surface area (Å²) in [7, 11) is 0. The Bertz CT molecular complexity index is 1000. The Morgan fingerprint density at radius 2 is 1.90 bits per heavy atom. The van der Waals surface area contributed by atoms with Crippen molar-refractivity contribution >= 4 is 17.6 Å². The fraction of sp³-hybridized carbons (Fsp3) is 0.238. The summed E-state index contributed by atoms with van der Waals surface area (Å²) in [4.78, 5) is 28.4. The number of allylic oxidation sites excluding steroid dienone is 3. The van der Waals surface area contributed by atoms with Crippen molar-refractivity contribution in [2.75, 3.05) is 6.61 Å². The average molecular weight is 414 g/mol. The third-order valence-corrected chi connectivity index (χ3v) is 4.85. The van der Waals surface area contributed by atoms with Crippen molar-refractivity contribution in [2.45, 2.75) is 26.2 Å². The molecule has 0 radical (unpaired) electrons. The van der Waals surface area contributed by atoms with Crippen molar-refractivity contribution in [1.29, 1.82) is 0 Å². The lowest BCUT2D eigenvalue weighted by Crippen LogP contribution is -2.32. The van der Waals surface area contributed by atoms with E-state index in [1.165, 1.54) is 0 Å². The highest BCUT2D eigenvalue weighted by molar-refractivity contribution is 6.29. The summed E-state index contributed by atoms with van der Waals surface area (Å²) in [6.07, 6.45) is 0.545. The van der Waals surface area contributed by atoms with Crippen molar-refractivity contribution in [2.24, 2.45) is 0 Å². The van der Waals surface area contributed by atoms with Crippen LogP contribution in [0.5, 0.6) is 0 Å². The number of carbonyl (C=O) groups is 1. The van der Waals surface area contributed by atoms with Crippen LogP contribution in [0.3, 0.4) is 0 Å². The van der Waals surface area contributed by atoms with Gasteiger partial charge in [-0.15, -0.1) is 0 Å². The fourth-order valence-electron chi connectivity index (χ4n) is 3.35. The molecule has 0 bridgehead atoms. The number of rotatable bonds is 6. The van der Waals surface area contributed by atoms with E-state index in [0.717, 1.165) is 5.56 Å². The van der Waals surface area contributed by atoms with Gasteiger partial charge in [-0.25, -0.2) is 9.78 Å². The number of pyridine rings is 1. The Morgan fingerprint density at radius 3 is 2.55 bits per heavy atom. The molecule has 1 aromatic carbocycles. The van der Waals surface area contributed by atoms with Crippen LogP contribution in [0, 0.1) is 10.1 Å². The predicted molar refractivity (Wildman–Crippen MR) is 109 cm³/mol.